The lowest BCUT2D eigenvalue weighted by molar-refractivity contribution is 1.33. The molecule has 0 unspecified atom stereocenters. The molecule has 2 nitrogen and oxygen atoms in total. The fourth-order valence-electron chi connectivity index (χ4n) is 1.69. The van der Waals surface area contributed by atoms with Gasteiger partial charge in [-0.1, -0.05) is 0 Å². The van der Waals surface area contributed by atoms with Gasteiger partial charge in [0.2, 0.25) is 0 Å². The van der Waals surface area contributed by atoms with Crippen molar-refractivity contribution in [3.63, 3.8) is 0 Å². The SMILES string of the molecule is Cc1csc(-c2cnc3ccncc3c2)c1. The number of aromatic nitrogens is 2. The van der Waals surface area contributed by atoms with Crippen LogP contribution in [0.1, 0.15) is 5.56 Å². The second-order valence-corrected chi connectivity index (χ2v) is 4.69. The van der Waals surface area contributed by atoms with Crippen LogP contribution in [-0.2, 0) is 0 Å². The second-order valence-electron chi connectivity index (χ2n) is 3.78. The van der Waals surface area contributed by atoms with E-state index >= 15 is 0 Å². The van der Waals surface area contributed by atoms with Gasteiger partial charge in [-0.2, -0.15) is 0 Å². The molecular weight excluding hydrogens is 216 g/mol. The first-order chi connectivity index (χ1) is 7.83. The molecule has 3 aromatic rings. The van der Waals surface area contributed by atoms with Crippen molar-refractivity contribution in [3.05, 3.63) is 47.7 Å². The number of pyridine rings is 2. The first-order valence-corrected chi connectivity index (χ1v) is 5.96. The Kier molecular flexibility index (Phi) is 2.18. The molecule has 0 radical (unpaired) electrons. The number of hydrogen-bond acceptors (Lipinski definition) is 3. The molecule has 3 rings (SSSR count). The largest absolute Gasteiger partial charge is 0.264 e. The fourth-order valence-corrected chi connectivity index (χ4v) is 2.57. The Morgan fingerprint density at radius 3 is 2.94 bits per heavy atom. The van der Waals surface area contributed by atoms with Gasteiger partial charge in [0.25, 0.3) is 0 Å². The van der Waals surface area contributed by atoms with E-state index in [1.165, 1.54) is 16.0 Å². The van der Waals surface area contributed by atoms with Crippen LogP contribution in [-0.4, -0.2) is 9.97 Å². The zero-order chi connectivity index (χ0) is 11.0. The normalized spacial score (nSPS) is 10.8. The molecule has 3 heteroatoms. The van der Waals surface area contributed by atoms with Crippen molar-refractivity contribution in [2.24, 2.45) is 0 Å². The van der Waals surface area contributed by atoms with Crippen LogP contribution in [0, 0.1) is 6.92 Å². The highest BCUT2D eigenvalue weighted by Crippen LogP contribution is 2.28. The molecule has 0 N–H and O–H groups in total. The molecule has 0 aliphatic rings. The lowest BCUT2D eigenvalue weighted by Crippen LogP contribution is -1.81. The van der Waals surface area contributed by atoms with E-state index in [4.69, 9.17) is 0 Å². The summed E-state index contributed by atoms with van der Waals surface area (Å²) in [5.41, 5.74) is 3.46. The quantitative estimate of drug-likeness (QED) is 0.632. The van der Waals surface area contributed by atoms with E-state index in [1.807, 2.05) is 18.5 Å². The molecule has 0 fully saturated rings. The monoisotopic (exact) mass is 226 g/mol. The van der Waals surface area contributed by atoms with E-state index in [9.17, 15) is 0 Å². The van der Waals surface area contributed by atoms with Crippen molar-refractivity contribution in [1.82, 2.24) is 9.97 Å². The molecule has 0 saturated heterocycles. The summed E-state index contributed by atoms with van der Waals surface area (Å²) in [5.74, 6) is 0. The summed E-state index contributed by atoms with van der Waals surface area (Å²) in [6.07, 6.45) is 5.55. The summed E-state index contributed by atoms with van der Waals surface area (Å²) in [5, 5.41) is 3.24. The predicted octanol–water partition coefficient (Wildman–Crippen LogP) is 3.67. The number of fused-ring (bicyclic) bond motifs is 1. The smallest absolute Gasteiger partial charge is 0.0733 e. The molecule has 0 aliphatic heterocycles. The van der Waals surface area contributed by atoms with E-state index in [1.54, 1.807) is 17.5 Å². The zero-order valence-electron chi connectivity index (χ0n) is 8.84. The van der Waals surface area contributed by atoms with Crippen LogP contribution in [0.5, 0.6) is 0 Å². The minimum atomic E-state index is 0.993. The van der Waals surface area contributed by atoms with Gasteiger partial charge in [-0.05, 0) is 36.1 Å². The first kappa shape index (κ1) is 9.48. The maximum Gasteiger partial charge on any atom is 0.0733 e. The average molecular weight is 226 g/mol. The van der Waals surface area contributed by atoms with Crippen molar-refractivity contribution < 1.29 is 0 Å². The fraction of sp³-hybridized carbons (Fsp3) is 0.0769. The molecule has 0 saturated carbocycles. The van der Waals surface area contributed by atoms with Crippen LogP contribution in [0.3, 0.4) is 0 Å². The van der Waals surface area contributed by atoms with Gasteiger partial charge in [-0.3, -0.25) is 9.97 Å². The Morgan fingerprint density at radius 2 is 2.12 bits per heavy atom. The second kappa shape index (κ2) is 3.68. The number of aryl methyl sites for hydroxylation is 1. The summed E-state index contributed by atoms with van der Waals surface area (Å²) in [6.45, 7) is 2.11. The number of nitrogens with zero attached hydrogens (tertiary/aromatic N) is 2. The lowest BCUT2D eigenvalue weighted by Gasteiger charge is -1.99. The number of rotatable bonds is 1. The van der Waals surface area contributed by atoms with Gasteiger partial charge in [0.1, 0.15) is 0 Å². The Bertz CT molecular complexity index is 643. The van der Waals surface area contributed by atoms with Gasteiger partial charge in [0.15, 0.2) is 0 Å². The molecule has 0 spiro atoms. The van der Waals surface area contributed by atoms with Crippen LogP contribution < -0.4 is 0 Å². The molecule has 0 aromatic carbocycles. The van der Waals surface area contributed by atoms with Gasteiger partial charge in [0.05, 0.1) is 5.52 Å². The highest BCUT2D eigenvalue weighted by molar-refractivity contribution is 7.13. The summed E-state index contributed by atoms with van der Waals surface area (Å²) in [4.78, 5) is 9.81. The van der Waals surface area contributed by atoms with Crippen LogP contribution >= 0.6 is 11.3 Å². The topological polar surface area (TPSA) is 25.8 Å². The molecule has 3 heterocycles. The molecule has 0 atom stereocenters. The zero-order valence-corrected chi connectivity index (χ0v) is 9.66. The Balaban J connectivity index is 2.18. The molecule has 0 bridgehead atoms. The van der Waals surface area contributed by atoms with Crippen LogP contribution in [0.2, 0.25) is 0 Å². The Hall–Kier alpha value is -1.74. The first-order valence-electron chi connectivity index (χ1n) is 5.08. The summed E-state index contributed by atoms with van der Waals surface area (Å²) < 4.78 is 0. The van der Waals surface area contributed by atoms with Crippen molar-refractivity contribution in [2.75, 3.05) is 0 Å². The van der Waals surface area contributed by atoms with Gasteiger partial charge >= 0.3 is 0 Å². The van der Waals surface area contributed by atoms with E-state index in [0.29, 0.717) is 0 Å². The van der Waals surface area contributed by atoms with Gasteiger partial charge < -0.3 is 0 Å². The van der Waals surface area contributed by atoms with Crippen LogP contribution in [0.25, 0.3) is 21.3 Å². The van der Waals surface area contributed by atoms with E-state index in [2.05, 4.69) is 34.4 Å². The van der Waals surface area contributed by atoms with Gasteiger partial charge in [-0.25, -0.2) is 0 Å². The Labute approximate surface area is 97.6 Å². The third-order valence-electron chi connectivity index (χ3n) is 2.50. The molecule has 78 valence electrons. The lowest BCUT2D eigenvalue weighted by atomic mass is 10.1. The molecule has 16 heavy (non-hydrogen) atoms. The van der Waals surface area contributed by atoms with Crippen molar-refractivity contribution in [3.8, 4) is 10.4 Å². The van der Waals surface area contributed by atoms with Crippen LogP contribution in [0.4, 0.5) is 0 Å². The van der Waals surface area contributed by atoms with Gasteiger partial charge in [-0.15, -0.1) is 11.3 Å². The minimum absolute atomic E-state index is 0.993. The summed E-state index contributed by atoms with van der Waals surface area (Å²) in [7, 11) is 0. The highest BCUT2D eigenvalue weighted by Gasteiger charge is 2.02. The van der Waals surface area contributed by atoms with Crippen molar-refractivity contribution in [1.29, 1.82) is 0 Å². The Morgan fingerprint density at radius 1 is 1.19 bits per heavy atom. The number of thiophene rings is 1. The molecule has 0 aliphatic carbocycles. The van der Waals surface area contributed by atoms with E-state index < -0.39 is 0 Å². The molecular formula is C13H10N2S. The highest BCUT2D eigenvalue weighted by atomic mass is 32.1. The van der Waals surface area contributed by atoms with Crippen molar-refractivity contribution >= 4 is 22.2 Å². The maximum absolute atomic E-state index is 4.43. The summed E-state index contributed by atoms with van der Waals surface area (Å²) >= 11 is 1.75. The minimum Gasteiger partial charge on any atom is -0.264 e. The maximum atomic E-state index is 4.43. The predicted molar refractivity (Wildman–Crippen MR) is 67.6 cm³/mol. The third-order valence-corrected chi connectivity index (χ3v) is 3.59. The van der Waals surface area contributed by atoms with Crippen LogP contribution in [0.15, 0.2) is 42.2 Å². The summed E-state index contributed by atoms with van der Waals surface area (Å²) in [6, 6.07) is 6.25. The van der Waals surface area contributed by atoms with E-state index in [-0.39, 0.29) is 0 Å². The van der Waals surface area contributed by atoms with Crippen molar-refractivity contribution in [2.45, 2.75) is 6.92 Å². The van der Waals surface area contributed by atoms with E-state index in [0.717, 1.165) is 10.9 Å². The molecule has 3 aromatic heterocycles. The van der Waals surface area contributed by atoms with Gasteiger partial charge in [0, 0.05) is 34.4 Å². The standard InChI is InChI=1S/C13H10N2S/c1-9-4-13(16-8-9)11-5-10-6-14-3-2-12(10)15-7-11/h2-8H,1H3. The third kappa shape index (κ3) is 1.59. The molecule has 0 amide bonds. The average Bonchev–Trinajstić information content (AvgIpc) is 2.75. The number of hydrogen-bond donors (Lipinski definition) is 0.